The van der Waals surface area contributed by atoms with Crippen molar-refractivity contribution in [2.24, 2.45) is 11.8 Å². The molecule has 7 heteroatoms. The zero-order chi connectivity index (χ0) is 14.7. The number of nitrogens with one attached hydrogen (secondary N) is 2. The highest BCUT2D eigenvalue weighted by Crippen LogP contribution is 2.34. The third-order valence-corrected chi connectivity index (χ3v) is 4.28. The molecule has 1 aliphatic heterocycles. The van der Waals surface area contributed by atoms with E-state index < -0.39 is 0 Å². The minimum Gasteiger partial charge on any atom is -0.351 e. The molecule has 2 heterocycles. The van der Waals surface area contributed by atoms with Crippen LogP contribution >= 0.6 is 0 Å². The van der Waals surface area contributed by atoms with E-state index in [-0.39, 0.29) is 0 Å². The summed E-state index contributed by atoms with van der Waals surface area (Å²) in [5.74, 6) is 8.15. The van der Waals surface area contributed by atoms with Gasteiger partial charge in [0.1, 0.15) is 0 Å². The van der Waals surface area contributed by atoms with Crippen molar-refractivity contribution in [3.63, 3.8) is 0 Å². The van der Waals surface area contributed by atoms with Crippen LogP contribution in [0.1, 0.15) is 45.4 Å². The molecule has 0 aromatic carbocycles. The molecule has 1 unspecified atom stereocenters. The molecule has 4 N–H and O–H groups in total. The van der Waals surface area contributed by atoms with Crippen LogP contribution in [0.15, 0.2) is 0 Å². The van der Waals surface area contributed by atoms with E-state index in [1.54, 1.807) is 0 Å². The monoisotopic (exact) mass is 291 g/mol. The molecule has 21 heavy (non-hydrogen) atoms. The maximum Gasteiger partial charge on any atom is 0.243 e. The van der Waals surface area contributed by atoms with Crippen LogP contribution in [0, 0.1) is 5.92 Å². The van der Waals surface area contributed by atoms with Gasteiger partial charge in [-0.05, 0) is 31.6 Å². The minimum absolute atomic E-state index is 0.427. The zero-order valence-electron chi connectivity index (χ0n) is 12.7. The summed E-state index contributed by atoms with van der Waals surface area (Å²) in [4.78, 5) is 15.5. The van der Waals surface area contributed by atoms with Crippen LogP contribution in [0.2, 0.25) is 0 Å². The second-order valence-electron chi connectivity index (χ2n) is 6.05. The topological polar surface area (TPSA) is 92.0 Å². The fourth-order valence-electron chi connectivity index (χ4n) is 2.82. The van der Waals surface area contributed by atoms with Crippen LogP contribution in [0.5, 0.6) is 0 Å². The lowest BCUT2D eigenvalue weighted by atomic mass is 10.1. The van der Waals surface area contributed by atoms with Crippen LogP contribution in [-0.2, 0) is 0 Å². The Hall–Kier alpha value is -1.63. The second-order valence-corrected chi connectivity index (χ2v) is 6.05. The van der Waals surface area contributed by atoms with Crippen LogP contribution in [-0.4, -0.2) is 34.1 Å². The van der Waals surface area contributed by atoms with E-state index in [4.69, 9.17) is 5.84 Å². The van der Waals surface area contributed by atoms with Crippen molar-refractivity contribution in [2.75, 3.05) is 28.7 Å². The van der Waals surface area contributed by atoms with Gasteiger partial charge in [0.05, 0.1) is 0 Å². The largest absolute Gasteiger partial charge is 0.351 e. The first-order valence-corrected chi connectivity index (χ1v) is 8.02. The minimum atomic E-state index is 0.427. The van der Waals surface area contributed by atoms with Gasteiger partial charge in [0, 0.05) is 19.1 Å². The van der Waals surface area contributed by atoms with Gasteiger partial charge in [-0.25, -0.2) is 5.84 Å². The Kier molecular flexibility index (Phi) is 4.38. The number of anilines is 3. The van der Waals surface area contributed by atoms with Gasteiger partial charge < -0.3 is 10.2 Å². The summed E-state index contributed by atoms with van der Waals surface area (Å²) < 4.78 is 0. The SMILES string of the molecule is CCC(CC1CC1)Nc1nc(NN)nc(N2CCCC2)n1. The Labute approximate surface area is 125 Å². The number of hydrazine groups is 1. The standard InChI is InChI=1S/C14H25N7/c1-2-11(9-10-5-6-10)16-12-17-13(20-15)19-14(18-12)21-7-3-4-8-21/h10-11H,2-9,15H2,1H3,(H2,16,17,18,19,20). The molecular weight excluding hydrogens is 266 g/mol. The number of rotatable bonds is 7. The van der Waals surface area contributed by atoms with Crippen LogP contribution in [0.25, 0.3) is 0 Å². The Bertz CT molecular complexity index is 468. The van der Waals surface area contributed by atoms with Gasteiger partial charge in [0.25, 0.3) is 0 Å². The number of aromatic nitrogens is 3. The van der Waals surface area contributed by atoms with Crippen molar-refractivity contribution in [2.45, 2.75) is 51.5 Å². The van der Waals surface area contributed by atoms with Gasteiger partial charge >= 0.3 is 0 Å². The summed E-state index contributed by atoms with van der Waals surface area (Å²) in [6.07, 6.45) is 7.39. The molecule has 1 saturated heterocycles. The van der Waals surface area contributed by atoms with Crippen molar-refractivity contribution in [3.8, 4) is 0 Å². The smallest absolute Gasteiger partial charge is 0.243 e. The molecule has 2 aliphatic rings. The van der Waals surface area contributed by atoms with E-state index in [0.29, 0.717) is 17.9 Å². The molecule has 0 amide bonds. The van der Waals surface area contributed by atoms with Crippen LogP contribution in [0.3, 0.4) is 0 Å². The molecule has 0 radical (unpaired) electrons. The third-order valence-electron chi connectivity index (χ3n) is 4.28. The van der Waals surface area contributed by atoms with Crippen LogP contribution in [0.4, 0.5) is 17.8 Å². The lowest BCUT2D eigenvalue weighted by molar-refractivity contribution is 0.582. The number of hydrogen-bond acceptors (Lipinski definition) is 7. The summed E-state index contributed by atoms with van der Waals surface area (Å²) in [6.45, 7) is 4.21. The molecule has 116 valence electrons. The summed E-state index contributed by atoms with van der Waals surface area (Å²) in [5.41, 5.74) is 2.55. The molecule has 1 aromatic rings. The lowest BCUT2D eigenvalue weighted by Gasteiger charge is -2.20. The maximum atomic E-state index is 5.49. The molecule has 1 saturated carbocycles. The molecule has 1 aliphatic carbocycles. The van der Waals surface area contributed by atoms with Crippen molar-refractivity contribution >= 4 is 17.8 Å². The number of hydrogen-bond donors (Lipinski definition) is 3. The molecule has 0 bridgehead atoms. The van der Waals surface area contributed by atoms with E-state index in [2.05, 4.69) is 37.5 Å². The predicted molar refractivity (Wildman–Crippen MR) is 84.1 cm³/mol. The number of nitrogens with zero attached hydrogens (tertiary/aromatic N) is 4. The summed E-state index contributed by atoms with van der Waals surface area (Å²) >= 11 is 0. The lowest BCUT2D eigenvalue weighted by Crippen LogP contribution is -2.25. The van der Waals surface area contributed by atoms with E-state index in [1.165, 1.54) is 32.1 Å². The molecule has 3 rings (SSSR count). The van der Waals surface area contributed by atoms with Gasteiger partial charge in [-0.3, -0.25) is 5.43 Å². The Balaban J connectivity index is 1.74. The first-order chi connectivity index (χ1) is 10.3. The van der Waals surface area contributed by atoms with Crippen molar-refractivity contribution in [3.05, 3.63) is 0 Å². The highest BCUT2D eigenvalue weighted by Gasteiger charge is 2.25. The maximum absolute atomic E-state index is 5.49. The van der Waals surface area contributed by atoms with Crippen molar-refractivity contribution < 1.29 is 0 Å². The molecule has 7 nitrogen and oxygen atoms in total. The van der Waals surface area contributed by atoms with Gasteiger partial charge in [-0.1, -0.05) is 19.8 Å². The fraction of sp³-hybridized carbons (Fsp3) is 0.786. The Morgan fingerprint density at radius 2 is 1.90 bits per heavy atom. The van der Waals surface area contributed by atoms with Gasteiger partial charge in [0.15, 0.2) is 0 Å². The first-order valence-electron chi connectivity index (χ1n) is 8.02. The zero-order valence-corrected chi connectivity index (χ0v) is 12.7. The van der Waals surface area contributed by atoms with Gasteiger partial charge in [0.2, 0.25) is 17.8 Å². The van der Waals surface area contributed by atoms with E-state index in [9.17, 15) is 0 Å². The number of nitrogens with two attached hydrogens (primary N) is 1. The predicted octanol–water partition coefficient (Wildman–Crippen LogP) is 1.75. The molecule has 2 fully saturated rings. The Morgan fingerprint density at radius 3 is 2.52 bits per heavy atom. The highest BCUT2D eigenvalue weighted by molar-refractivity contribution is 5.44. The fourth-order valence-corrected chi connectivity index (χ4v) is 2.82. The summed E-state index contributed by atoms with van der Waals surface area (Å²) in [5, 5.41) is 3.45. The second kappa shape index (κ2) is 6.43. The highest BCUT2D eigenvalue weighted by atomic mass is 15.4. The van der Waals surface area contributed by atoms with E-state index in [0.717, 1.165) is 31.4 Å². The summed E-state index contributed by atoms with van der Waals surface area (Å²) in [6, 6.07) is 0.428. The first kappa shape index (κ1) is 14.3. The normalized spacial score (nSPS) is 19.6. The van der Waals surface area contributed by atoms with E-state index >= 15 is 0 Å². The molecular formula is C14H25N7. The quantitative estimate of drug-likeness (QED) is 0.520. The van der Waals surface area contributed by atoms with Crippen molar-refractivity contribution in [1.82, 2.24) is 15.0 Å². The van der Waals surface area contributed by atoms with Gasteiger partial charge in [-0.2, -0.15) is 15.0 Å². The molecule has 0 spiro atoms. The molecule has 1 aromatic heterocycles. The summed E-state index contributed by atoms with van der Waals surface area (Å²) in [7, 11) is 0. The average Bonchev–Trinajstić information content (AvgIpc) is 3.15. The average molecular weight is 291 g/mol. The van der Waals surface area contributed by atoms with Crippen molar-refractivity contribution in [1.29, 1.82) is 0 Å². The Morgan fingerprint density at radius 1 is 1.19 bits per heavy atom. The van der Waals surface area contributed by atoms with E-state index in [1.807, 2.05) is 0 Å². The molecule has 1 atom stereocenters. The third kappa shape index (κ3) is 3.72. The van der Waals surface area contributed by atoms with Crippen LogP contribution < -0.4 is 21.5 Å². The number of nitrogen functional groups attached to an aromatic ring is 1. The van der Waals surface area contributed by atoms with Gasteiger partial charge in [-0.15, -0.1) is 0 Å².